The average molecular weight is 348 g/mol. The van der Waals surface area contributed by atoms with Crippen LogP contribution >= 0.6 is 0 Å². The van der Waals surface area contributed by atoms with Crippen molar-refractivity contribution in [1.82, 2.24) is 15.0 Å². The number of piperidine rings is 1. The zero-order valence-electron chi connectivity index (χ0n) is 15.4. The fraction of sp³-hybridized carbons (Fsp3) is 0.381. The molecule has 1 saturated heterocycles. The van der Waals surface area contributed by atoms with E-state index in [2.05, 4.69) is 51.0 Å². The van der Waals surface area contributed by atoms with Gasteiger partial charge in [0, 0.05) is 31.1 Å². The summed E-state index contributed by atoms with van der Waals surface area (Å²) in [6.45, 7) is 6.08. The van der Waals surface area contributed by atoms with Crippen molar-refractivity contribution in [3.63, 3.8) is 0 Å². The number of aromatic nitrogens is 3. The van der Waals surface area contributed by atoms with Crippen LogP contribution in [0, 0.1) is 6.92 Å². The first-order valence-corrected chi connectivity index (χ1v) is 9.16. The van der Waals surface area contributed by atoms with E-state index in [4.69, 9.17) is 4.42 Å². The summed E-state index contributed by atoms with van der Waals surface area (Å²) in [7, 11) is 0. The molecule has 5 heteroatoms. The minimum Gasteiger partial charge on any atom is -0.445 e. The zero-order valence-corrected chi connectivity index (χ0v) is 15.4. The van der Waals surface area contributed by atoms with E-state index in [9.17, 15) is 0 Å². The highest BCUT2D eigenvalue weighted by atomic mass is 16.4. The minimum absolute atomic E-state index is 0.0203. The molecule has 3 heterocycles. The molecule has 3 aromatic rings. The molecule has 5 nitrogen and oxygen atoms in total. The molecule has 1 aliphatic heterocycles. The van der Waals surface area contributed by atoms with E-state index in [1.54, 1.807) is 0 Å². The van der Waals surface area contributed by atoms with Crippen molar-refractivity contribution >= 4 is 5.82 Å². The lowest BCUT2D eigenvalue weighted by molar-refractivity contribution is 0.278. The number of rotatable bonds is 4. The Hall–Kier alpha value is -2.69. The van der Waals surface area contributed by atoms with Crippen LogP contribution in [0.2, 0.25) is 0 Å². The number of anilines is 1. The van der Waals surface area contributed by atoms with Gasteiger partial charge >= 0.3 is 0 Å². The summed E-state index contributed by atoms with van der Waals surface area (Å²) in [4.78, 5) is 15.7. The van der Waals surface area contributed by atoms with Gasteiger partial charge in [0.15, 0.2) is 5.89 Å². The number of aryl methyl sites for hydroxylation is 1. The molecular formula is C21H24N4O. The van der Waals surface area contributed by atoms with Gasteiger partial charge in [-0.2, -0.15) is 0 Å². The van der Waals surface area contributed by atoms with Gasteiger partial charge in [0.25, 0.3) is 0 Å². The Balaban J connectivity index is 1.44. The Kier molecular flexibility index (Phi) is 4.45. The van der Waals surface area contributed by atoms with Crippen LogP contribution < -0.4 is 4.90 Å². The first-order chi connectivity index (χ1) is 12.6. The molecule has 0 radical (unpaired) electrons. The van der Waals surface area contributed by atoms with Crippen molar-refractivity contribution in [1.29, 1.82) is 0 Å². The maximum absolute atomic E-state index is 6.13. The summed E-state index contributed by atoms with van der Waals surface area (Å²) in [5.41, 5.74) is 1.22. The van der Waals surface area contributed by atoms with E-state index in [0.29, 0.717) is 0 Å². The summed E-state index contributed by atoms with van der Waals surface area (Å²) in [5.74, 6) is 3.62. The normalized spacial score (nSPS) is 16.6. The predicted octanol–water partition coefficient (Wildman–Crippen LogP) is 3.92. The quantitative estimate of drug-likeness (QED) is 0.715. The summed E-state index contributed by atoms with van der Waals surface area (Å²) in [6, 6.07) is 12.4. The number of hydrogen-bond donors (Lipinski definition) is 0. The van der Waals surface area contributed by atoms with Gasteiger partial charge in [0.05, 0.1) is 6.20 Å². The molecule has 0 N–H and O–H groups in total. The maximum atomic E-state index is 6.13. The molecular weight excluding hydrogens is 324 g/mol. The molecule has 0 amide bonds. The lowest BCUT2D eigenvalue weighted by Crippen LogP contribution is -2.41. The van der Waals surface area contributed by atoms with E-state index < -0.39 is 0 Å². The summed E-state index contributed by atoms with van der Waals surface area (Å²) < 4.78 is 6.13. The van der Waals surface area contributed by atoms with Gasteiger partial charge in [-0.25, -0.2) is 15.0 Å². The number of benzene rings is 1. The minimum atomic E-state index is -0.0203. The largest absolute Gasteiger partial charge is 0.445 e. The standard InChI is InChI=1S/C21H24N4O/c1-16-22-11-8-19(24-16)25-12-9-21(2,10-13-25)20-23-15-18(26-20)14-17-6-4-3-5-7-17/h3-8,11,15H,9-10,12-14H2,1-2H3. The number of hydrogen-bond acceptors (Lipinski definition) is 5. The molecule has 1 aromatic carbocycles. The maximum Gasteiger partial charge on any atom is 0.200 e. The molecule has 0 aliphatic carbocycles. The Morgan fingerprint density at radius 2 is 1.85 bits per heavy atom. The molecule has 0 bridgehead atoms. The van der Waals surface area contributed by atoms with Crippen molar-refractivity contribution < 1.29 is 4.42 Å². The Morgan fingerprint density at radius 1 is 1.08 bits per heavy atom. The van der Waals surface area contributed by atoms with Gasteiger partial charge in [-0.3, -0.25) is 0 Å². The lowest BCUT2D eigenvalue weighted by atomic mass is 9.80. The fourth-order valence-electron chi connectivity index (χ4n) is 3.53. The van der Waals surface area contributed by atoms with Gasteiger partial charge in [-0.1, -0.05) is 37.3 Å². The van der Waals surface area contributed by atoms with Gasteiger partial charge in [0.1, 0.15) is 17.4 Å². The highest BCUT2D eigenvalue weighted by molar-refractivity contribution is 5.38. The molecule has 0 unspecified atom stereocenters. The van der Waals surface area contributed by atoms with Crippen LogP contribution in [-0.4, -0.2) is 28.0 Å². The van der Waals surface area contributed by atoms with E-state index in [-0.39, 0.29) is 5.41 Å². The average Bonchev–Trinajstić information content (AvgIpc) is 3.13. The zero-order chi connectivity index (χ0) is 18.0. The monoisotopic (exact) mass is 348 g/mol. The first kappa shape index (κ1) is 16.8. The molecule has 0 atom stereocenters. The fourth-order valence-corrected chi connectivity index (χ4v) is 3.53. The van der Waals surface area contributed by atoms with Crippen LogP contribution in [0.5, 0.6) is 0 Å². The second-order valence-electron chi connectivity index (χ2n) is 7.30. The summed E-state index contributed by atoms with van der Waals surface area (Å²) in [6.07, 6.45) is 6.50. The number of oxazole rings is 1. The van der Waals surface area contributed by atoms with Crippen LogP contribution in [0.3, 0.4) is 0 Å². The van der Waals surface area contributed by atoms with Crippen molar-refractivity contribution in [2.45, 2.75) is 38.5 Å². The van der Waals surface area contributed by atoms with E-state index in [1.807, 2.05) is 31.5 Å². The van der Waals surface area contributed by atoms with Crippen LogP contribution in [0.1, 0.15) is 42.8 Å². The van der Waals surface area contributed by atoms with Crippen LogP contribution in [0.4, 0.5) is 5.82 Å². The van der Waals surface area contributed by atoms with Crippen LogP contribution in [-0.2, 0) is 11.8 Å². The second-order valence-corrected chi connectivity index (χ2v) is 7.30. The van der Waals surface area contributed by atoms with E-state index in [1.165, 1.54) is 5.56 Å². The molecule has 26 heavy (non-hydrogen) atoms. The van der Waals surface area contributed by atoms with E-state index in [0.717, 1.165) is 55.6 Å². The third-order valence-electron chi connectivity index (χ3n) is 5.24. The molecule has 1 aliphatic rings. The molecule has 4 rings (SSSR count). The molecule has 134 valence electrons. The highest BCUT2D eigenvalue weighted by Crippen LogP contribution is 2.36. The predicted molar refractivity (Wildman–Crippen MR) is 101 cm³/mol. The van der Waals surface area contributed by atoms with E-state index >= 15 is 0 Å². The SMILES string of the molecule is Cc1nccc(N2CCC(C)(c3ncc(Cc4ccccc4)o3)CC2)n1. The van der Waals surface area contributed by atoms with Gasteiger partial charge in [0.2, 0.25) is 0 Å². The van der Waals surface area contributed by atoms with Crippen molar-refractivity contribution in [2.75, 3.05) is 18.0 Å². The molecule has 0 spiro atoms. The third-order valence-corrected chi connectivity index (χ3v) is 5.24. The van der Waals surface area contributed by atoms with Gasteiger partial charge in [-0.15, -0.1) is 0 Å². The first-order valence-electron chi connectivity index (χ1n) is 9.16. The van der Waals surface area contributed by atoms with Crippen LogP contribution in [0.15, 0.2) is 53.2 Å². The lowest BCUT2D eigenvalue weighted by Gasteiger charge is -2.37. The Morgan fingerprint density at radius 3 is 2.58 bits per heavy atom. The van der Waals surface area contributed by atoms with Gasteiger partial charge < -0.3 is 9.32 Å². The smallest absolute Gasteiger partial charge is 0.200 e. The van der Waals surface area contributed by atoms with Crippen molar-refractivity contribution in [3.05, 3.63) is 71.8 Å². The third kappa shape index (κ3) is 3.47. The summed E-state index contributed by atoms with van der Waals surface area (Å²) in [5, 5.41) is 0. The second kappa shape index (κ2) is 6.90. The number of nitrogens with zero attached hydrogens (tertiary/aromatic N) is 4. The van der Waals surface area contributed by atoms with Gasteiger partial charge in [-0.05, 0) is 31.4 Å². The molecule has 0 saturated carbocycles. The highest BCUT2D eigenvalue weighted by Gasteiger charge is 2.36. The molecule has 1 fully saturated rings. The Labute approximate surface area is 154 Å². The topological polar surface area (TPSA) is 55.1 Å². The molecule has 2 aromatic heterocycles. The Bertz CT molecular complexity index is 866. The van der Waals surface area contributed by atoms with Crippen LogP contribution in [0.25, 0.3) is 0 Å². The summed E-state index contributed by atoms with van der Waals surface area (Å²) >= 11 is 0. The van der Waals surface area contributed by atoms with Crippen molar-refractivity contribution in [3.8, 4) is 0 Å². The van der Waals surface area contributed by atoms with Crippen molar-refractivity contribution in [2.24, 2.45) is 0 Å².